The summed E-state index contributed by atoms with van der Waals surface area (Å²) < 4.78 is 5.86. The molecule has 0 unspecified atom stereocenters. The number of hydrogen-bond donors (Lipinski definition) is 3. The second-order valence-electron chi connectivity index (χ2n) is 7.82. The number of carbonyl (C=O) groups excluding carboxylic acids is 1. The molecule has 11 heteroatoms. The third-order valence-electron chi connectivity index (χ3n) is 5.97. The van der Waals surface area contributed by atoms with Gasteiger partial charge >= 0.3 is 5.97 Å². The topological polar surface area (TPSA) is 131 Å². The van der Waals surface area contributed by atoms with Crippen molar-refractivity contribution in [3.05, 3.63) is 93.1 Å². The number of carboxylic acids is 1. The Bertz CT molecular complexity index is 1710. The molecular weight excluding hydrogens is 486 g/mol. The van der Waals surface area contributed by atoms with Crippen molar-refractivity contribution >= 4 is 51.8 Å². The number of aromatic carboxylic acids is 1. The average molecular weight is 501 g/mol. The largest absolute Gasteiger partial charge is 0.478 e. The van der Waals surface area contributed by atoms with Gasteiger partial charge in [-0.15, -0.1) is 4.33 Å². The van der Waals surface area contributed by atoms with Crippen LogP contribution in [-0.4, -0.2) is 26.7 Å². The van der Waals surface area contributed by atoms with E-state index in [1.54, 1.807) is 43.4 Å². The number of hydrogen-bond acceptors (Lipinski definition) is 8. The SMILES string of the molecule is [C-]#[N+]c1c2c3c(c(Nc4ccc(C(=O)O)cc4SOOO)ccc3n(C)c1=O)C(=O)c1ccccc1-2. The molecule has 1 aliphatic rings. The summed E-state index contributed by atoms with van der Waals surface area (Å²) in [6.07, 6.45) is 0. The number of aromatic nitrogens is 1. The van der Waals surface area contributed by atoms with Crippen molar-refractivity contribution in [3.63, 3.8) is 0 Å². The summed E-state index contributed by atoms with van der Waals surface area (Å²) in [6.45, 7) is 7.68. The predicted molar refractivity (Wildman–Crippen MR) is 132 cm³/mol. The van der Waals surface area contributed by atoms with Gasteiger partial charge in [0.05, 0.1) is 46.0 Å². The highest BCUT2D eigenvalue weighted by Gasteiger charge is 2.32. The highest BCUT2D eigenvalue weighted by Crippen LogP contribution is 2.46. The minimum Gasteiger partial charge on any atom is -0.478 e. The molecule has 0 saturated heterocycles. The molecule has 3 aromatic carbocycles. The molecule has 0 aliphatic heterocycles. The van der Waals surface area contributed by atoms with Crippen molar-refractivity contribution < 1.29 is 29.3 Å². The number of anilines is 2. The summed E-state index contributed by atoms with van der Waals surface area (Å²) >= 11 is 0.564. The maximum Gasteiger partial charge on any atom is 0.335 e. The van der Waals surface area contributed by atoms with E-state index in [4.69, 9.17) is 11.8 Å². The molecule has 4 aromatic rings. The van der Waals surface area contributed by atoms with Crippen LogP contribution in [-0.2, 0) is 16.4 Å². The summed E-state index contributed by atoms with van der Waals surface area (Å²) in [6, 6.07) is 14.3. The molecule has 36 heavy (non-hydrogen) atoms. The smallest absolute Gasteiger partial charge is 0.335 e. The zero-order valence-corrected chi connectivity index (χ0v) is 19.3. The fraction of sp³-hybridized carbons (Fsp3) is 0.0400. The number of fused-ring (bicyclic) bond motifs is 2. The second kappa shape index (κ2) is 8.95. The van der Waals surface area contributed by atoms with E-state index in [1.807, 2.05) is 0 Å². The Kier molecular flexibility index (Phi) is 5.79. The van der Waals surface area contributed by atoms with Crippen LogP contribution in [0.25, 0.3) is 26.9 Å². The summed E-state index contributed by atoms with van der Waals surface area (Å²) in [5.41, 5.74) is 2.15. The van der Waals surface area contributed by atoms with Crippen LogP contribution in [0.5, 0.6) is 0 Å². The average Bonchev–Trinajstić information content (AvgIpc) is 2.89. The summed E-state index contributed by atoms with van der Waals surface area (Å²) in [7, 11) is 1.55. The second-order valence-corrected chi connectivity index (χ2v) is 8.57. The molecule has 3 N–H and O–H groups in total. The standard InChI is InChI=1S/C25H15N3O7S/c1-26-22-19-13-5-3-4-6-14(13)23(29)20-16(9-10-17(21(19)20)28(2)24(22)30)27-15-8-7-12(25(31)32)11-18(15)36-35-34-33/h3-11,27,33H,2H3,(H,31,32). The van der Waals surface area contributed by atoms with Crippen molar-refractivity contribution in [1.82, 2.24) is 4.57 Å². The van der Waals surface area contributed by atoms with Gasteiger partial charge in [0.1, 0.15) is 0 Å². The minimum atomic E-state index is -1.17. The highest BCUT2D eigenvalue weighted by atomic mass is 32.2. The van der Waals surface area contributed by atoms with E-state index in [9.17, 15) is 19.5 Å². The van der Waals surface area contributed by atoms with Crippen LogP contribution in [0.4, 0.5) is 17.1 Å². The predicted octanol–water partition coefficient (Wildman–Crippen LogP) is 5.17. The first-order valence-electron chi connectivity index (χ1n) is 10.4. The van der Waals surface area contributed by atoms with Crippen LogP contribution in [0.3, 0.4) is 0 Å². The fourth-order valence-corrected chi connectivity index (χ4v) is 4.87. The maximum absolute atomic E-state index is 13.7. The van der Waals surface area contributed by atoms with E-state index < -0.39 is 11.5 Å². The third-order valence-corrected chi connectivity index (χ3v) is 6.62. The minimum absolute atomic E-state index is 0.0339. The Morgan fingerprint density at radius 2 is 1.78 bits per heavy atom. The van der Waals surface area contributed by atoms with Gasteiger partial charge in [0.25, 0.3) is 11.2 Å². The summed E-state index contributed by atoms with van der Waals surface area (Å²) in [4.78, 5) is 41.9. The van der Waals surface area contributed by atoms with Crippen LogP contribution in [0.15, 0.2) is 64.3 Å². The van der Waals surface area contributed by atoms with Gasteiger partial charge in [-0.25, -0.2) is 14.9 Å². The van der Waals surface area contributed by atoms with Gasteiger partial charge in [0.15, 0.2) is 5.78 Å². The lowest BCUT2D eigenvalue weighted by atomic mass is 9.82. The van der Waals surface area contributed by atoms with E-state index in [0.29, 0.717) is 51.0 Å². The lowest BCUT2D eigenvalue weighted by Crippen LogP contribution is -2.21. The van der Waals surface area contributed by atoms with E-state index in [1.165, 1.54) is 22.8 Å². The number of benzene rings is 3. The molecule has 0 spiro atoms. The third kappa shape index (κ3) is 3.53. The van der Waals surface area contributed by atoms with Crippen LogP contribution >= 0.6 is 12.0 Å². The summed E-state index contributed by atoms with van der Waals surface area (Å²) in [5, 5.41) is 25.2. The van der Waals surface area contributed by atoms with Crippen molar-refractivity contribution in [2.24, 2.45) is 7.05 Å². The van der Waals surface area contributed by atoms with Crippen LogP contribution < -0.4 is 10.9 Å². The lowest BCUT2D eigenvalue weighted by Gasteiger charge is -2.25. The first kappa shape index (κ1) is 23.3. The number of carbonyl (C=O) groups is 2. The molecule has 1 aromatic heterocycles. The molecule has 178 valence electrons. The Hall–Kier alpha value is -4.47. The van der Waals surface area contributed by atoms with Gasteiger partial charge in [0.2, 0.25) is 0 Å². The molecule has 0 bridgehead atoms. The van der Waals surface area contributed by atoms with Crippen LogP contribution in [0.1, 0.15) is 26.3 Å². The van der Waals surface area contributed by atoms with Gasteiger partial charge in [-0.1, -0.05) is 29.3 Å². The highest BCUT2D eigenvalue weighted by molar-refractivity contribution is 7.94. The number of carboxylic acid groups (broad SMARTS) is 1. The molecule has 0 radical (unpaired) electrons. The number of nitrogens with zero attached hydrogens (tertiary/aromatic N) is 2. The van der Waals surface area contributed by atoms with Crippen molar-refractivity contribution in [2.75, 3.05) is 5.32 Å². The Balaban J connectivity index is 1.79. The fourth-order valence-electron chi connectivity index (χ4n) is 4.38. The molecule has 5 rings (SSSR count). The zero-order valence-electron chi connectivity index (χ0n) is 18.4. The van der Waals surface area contributed by atoms with E-state index >= 15 is 0 Å². The quantitative estimate of drug-likeness (QED) is 0.125. The number of nitrogens with one attached hydrogen (secondary N) is 1. The molecule has 1 aliphatic carbocycles. The van der Waals surface area contributed by atoms with Gasteiger partial charge in [-0.3, -0.25) is 9.59 Å². The molecule has 1 heterocycles. The zero-order chi connectivity index (χ0) is 25.6. The lowest BCUT2D eigenvalue weighted by molar-refractivity contribution is -0.432. The Morgan fingerprint density at radius 1 is 1.06 bits per heavy atom. The maximum atomic E-state index is 13.7. The molecule has 0 amide bonds. The molecule has 0 saturated carbocycles. The van der Waals surface area contributed by atoms with Crippen molar-refractivity contribution in [3.8, 4) is 11.1 Å². The number of aryl methyl sites for hydroxylation is 1. The molecule has 0 fully saturated rings. The normalized spacial score (nSPS) is 11.8. The first-order valence-corrected chi connectivity index (χ1v) is 11.1. The monoisotopic (exact) mass is 501 g/mol. The van der Waals surface area contributed by atoms with Gasteiger partial charge in [0, 0.05) is 29.1 Å². The number of ketones is 1. The molecule has 0 atom stereocenters. The van der Waals surface area contributed by atoms with Gasteiger partial charge in [-0.2, -0.15) is 0 Å². The number of rotatable bonds is 6. The van der Waals surface area contributed by atoms with E-state index in [0.717, 1.165) is 0 Å². The van der Waals surface area contributed by atoms with Crippen LogP contribution in [0.2, 0.25) is 0 Å². The first-order chi connectivity index (χ1) is 17.4. The van der Waals surface area contributed by atoms with Crippen molar-refractivity contribution in [2.45, 2.75) is 4.90 Å². The van der Waals surface area contributed by atoms with Gasteiger partial charge < -0.3 is 15.0 Å². The number of pyridine rings is 1. The Labute approximate surface area is 207 Å². The van der Waals surface area contributed by atoms with E-state index in [2.05, 4.69) is 19.5 Å². The van der Waals surface area contributed by atoms with Crippen LogP contribution in [0, 0.1) is 6.57 Å². The van der Waals surface area contributed by atoms with Gasteiger partial charge in [-0.05, 0) is 35.9 Å². The molecular formula is C25H15N3O7S. The van der Waals surface area contributed by atoms with Crippen molar-refractivity contribution in [1.29, 1.82) is 0 Å². The summed E-state index contributed by atoms with van der Waals surface area (Å²) in [5.74, 6) is -1.47. The molecule has 10 nitrogen and oxygen atoms in total. The van der Waals surface area contributed by atoms with E-state index in [-0.39, 0.29) is 27.5 Å². The Morgan fingerprint density at radius 3 is 2.47 bits per heavy atom.